The molecule has 8 heteroatoms. The summed E-state index contributed by atoms with van der Waals surface area (Å²) in [6, 6.07) is 10.5. The first kappa shape index (κ1) is 20.3. The van der Waals surface area contributed by atoms with Crippen LogP contribution in [0.25, 0.3) is 0 Å². The van der Waals surface area contributed by atoms with E-state index >= 15 is 0 Å². The van der Waals surface area contributed by atoms with Crippen molar-refractivity contribution < 1.29 is 9.59 Å². The molecule has 2 N–H and O–H groups in total. The number of carbonyl (C=O) groups is 2. The predicted molar refractivity (Wildman–Crippen MR) is 109 cm³/mol. The van der Waals surface area contributed by atoms with Crippen molar-refractivity contribution in [1.82, 2.24) is 20.1 Å². The molecule has 1 aromatic carbocycles. The van der Waals surface area contributed by atoms with E-state index in [1.165, 1.54) is 0 Å². The van der Waals surface area contributed by atoms with Crippen molar-refractivity contribution in [3.8, 4) is 0 Å². The quantitative estimate of drug-likeness (QED) is 0.747. The molecule has 0 saturated carbocycles. The van der Waals surface area contributed by atoms with Crippen LogP contribution in [0.15, 0.2) is 48.8 Å². The Morgan fingerprint density at radius 1 is 1.11 bits per heavy atom. The van der Waals surface area contributed by atoms with Gasteiger partial charge in [0.1, 0.15) is 0 Å². The molecule has 7 nitrogen and oxygen atoms in total. The molecule has 148 valence electrons. The van der Waals surface area contributed by atoms with Crippen LogP contribution in [0.1, 0.15) is 11.6 Å². The molecule has 1 aromatic heterocycles. The summed E-state index contributed by atoms with van der Waals surface area (Å²) in [6.07, 6.45) is 3.53. The molecule has 28 heavy (non-hydrogen) atoms. The molecular weight excluding hydrogens is 378 g/mol. The van der Waals surface area contributed by atoms with Crippen LogP contribution in [-0.4, -0.2) is 66.4 Å². The van der Waals surface area contributed by atoms with Gasteiger partial charge < -0.3 is 15.5 Å². The summed E-state index contributed by atoms with van der Waals surface area (Å²) in [7, 11) is 2.10. The molecule has 2 heterocycles. The Kier molecular flexibility index (Phi) is 6.97. The van der Waals surface area contributed by atoms with Gasteiger partial charge in [0.05, 0.1) is 6.04 Å². The minimum atomic E-state index is -0.703. The summed E-state index contributed by atoms with van der Waals surface area (Å²) in [5, 5.41) is 5.90. The van der Waals surface area contributed by atoms with E-state index in [4.69, 9.17) is 11.6 Å². The molecule has 2 aromatic rings. The maximum atomic E-state index is 12.3. The van der Waals surface area contributed by atoms with Crippen LogP contribution in [0.4, 0.5) is 5.69 Å². The van der Waals surface area contributed by atoms with Crippen LogP contribution in [0, 0.1) is 0 Å². The first-order valence-corrected chi connectivity index (χ1v) is 9.58. The highest BCUT2D eigenvalue weighted by atomic mass is 35.5. The van der Waals surface area contributed by atoms with Crippen molar-refractivity contribution in [2.45, 2.75) is 6.04 Å². The Morgan fingerprint density at radius 2 is 1.82 bits per heavy atom. The normalized spacial score (nSPS) is 16.4. The minimum absolute atomic E-state index is 0.0327. The number of amides is 2. The largest absolute Gasteiger partial charge is 0.346 e. The van der Waals surface area contributed by atoms with Crippen molar-refractivity contribution in [3.63, 3.8) is 0 Å². The zero-order valence-corrected chi connectivity index (χ0v) is 16.5. The number of halogens is 1. The van der Waals surface area contributed by atoms with Crippen LogP contribution < -0.4 is 10.6 Å². The minimum Gasteiger partial charge on any atom is -0.346 e. The molecule has 2 amide bonds. The van der Waals surface area contributed by atoms with Crippen molar-refractivity contribution >= 4 is 29.1 Å². The number of piperazine rings is 1. The van der Waals surface area contributed by atoms with E-state index in [0.717, 1.165) is 31.7 Å². The van der Waals surface area contributed by atoms with E-state index in [0.29, 0.717) is 17.3 Å². The number of hydrogen-bond acceptors (Lipinski definition) is 5. The number of aromatic nitrogens is 1. The molecule has 1 saturated heterocycles. The summed E-state index contributed by atoms with van der Waals surface area (Å²) in [5.74, 6) is -1.37. The summed E-state index contributed by atoms with van der Waals surface area (Å²) in [6.45, 7) is 4.04. The number of likely N-dealkylation sites (N-methyl/N-ethyl adjacent to an activating group) is 1. The number of pyridine rings is 1. The number of benzene rings is 1. The highest BCUT2D eigenvalue weighted by Crippen LogP contribution is 2.20. The number of nitrogens with zero attached hydrogens (tertiary/aromatic N) is 3. The lowest BCUT2D eigenvalue weighted by Gasteiger charge is -2.38. The SMILES string of the molecule is CN1CCN([C@H](CNC(=O)C(=O)Nc2ccc(Cl)cc2)c2cccnc2)CC1. The number of rotatable bonds is 5. The molecule has 0 bridgehead atoms. The highest BCUT2D eigenvalue weighted by Gasteiger charge is 2.25. The van der Waals surface area contributed by atoms with Gasteiger partial charge in [-0.2, -0.15) is 0 Å². The van der Waals surface area contributed by atoms with Gasteiger partial charge in [-0.15, -0.1) is 0 Å². The first-order valence-electron chi connectivity index (χ1n) is 9.20. The van der Waals surface area contributed by atoms with E-state index in [-0.39, 0.29) is 6.04 Å². The smallest absolute Gasteiger partial charge is 0.313 e. The number of nitrogens with one attached hydrogen (secondary N) is 2. The maximum Gasteiger partial charge on any atom is 0.313 e. The lowest BCUT2D eigenvalue weighted by Crippen LogP contribution is -2.49. The topological polar surface area (TPSA) is 77.6 Å². The highest BCUT2D eigenvalue weighted by molar-refractivity contribution is 6.39. The molecule has 0 aliphatic carbocycles. The second-order valence-corrected chi connectivity index (χ2v) is 7.25. The molecule has 1 fully saturated rings. The fraction of sp³-hybridized carbons (Fsp3) is 0.350. The number of hydrogen-bond donors (Lipinski definition) is 2. The standard InChI is InChI=1S/C20H24ClN5O2/c1-25-9-11-26(12-10-25)18(15-3-2-8-22-13-15)14-23-19(27)20(28)24-17-6-4-16(21)5-7-17/h2-8,13,18H,9-12,14H2,1H3,(H,23,27)(H,24,28)/t18-/m1/s1. The predicted octanol–water partition coefficient (Wildman–Crippen LogP) is 1.78. The van der Waals surface area contributed by atoms with E-state index in [2.05, 4.69) is 32.5 Å². The molecule has 1 aliphatic rings. The molecule has 0 radical (unpaired) electrons. The van der Waals surface area contributed by atoms with E-state index < -0.39 is 11.8 Å². The second-order valence-electron chi connectivity index (χ2n) is 6.81. The summed E-state index contributed by atoms with van der Waals surface area (Å²) in [4.78, 5) is 33.3. The lowest BCUT2D eigenvalue weighted by atomic mass is 10.1. The van der Waals surface area contributed by atoms with Crippen LogP contribution in [0.2, 0.25) is 5.02 Å². The lowest BCUT2D eigenvalue weighted by molar-refractivity contribution is -0.136. The monoisotopic (exact) mass is 401 g/mol. The number of carbonyl (C=O) groups excluding carboxylic acids is 2. The molecule has 3 rings (SSSR count). The third-order valence-electron chi connectivity index (χ3n) is 4.81. The second kappa shape index (κ2) is 9.64. The van der Waals surface area contributed by atoms with Crippen LogP contribution in [0.3, 0.4) is 0 Å². The van der Waals surface area contributed by atoms with Crippen LogP contribution in [-0.2, 0) is 9.59 Å². The molecule has 1 atom stereocenters. The van der Waals surface area contributed by atoms with E-state index in [1.807, 2.05) is 18.3 Å². The van der Waals surface area contributed by atoms with Crippen molar-refractivity contribution in [3.05, 3.63) is 59.4 Å². The van der Waals surface area contributed by atoms with Crippen molar-refractivity contribution in [1.29, 1.82) is 0 Å². The average molecular weight is 402 g/mol. The van der Waals surface area contributed by atoms with E-state index in [1.54, 1.807) is 30.5 Å². The molecule has 0 spiro atoms. The van der Waals surface area contributed by atoms with Gasteiger partial charge in [0.2, 0.25) is 0 Å². The Balaban J connectivity index is 1.61. The first-order chi connectivity index (χ1) is 13.5. The summed E-state index contributed by atoms with van der Waals surface area (Å²) < 4.78 is 0. The van der Waals surface area contributed by atoms with Crippen molar-refractivity contribution in [2.24, 2.45) is 0 Å². The zero-order valence-electron chi connectivity index (χ0n) is 15.8. The van der Waals surface area contributed by atoms with Gasteiger partial charge in [-0.05, 0) is 42.9 Å². The Morgan fingerprint density at radius 3 is 2.46 bits per heavy atom. The Labute approximate surface area is 169 Å². The average Bonchev–Trinajstić information content (AvgIpc) is 2.71. The number of anilines is 1. The Hall–Kier alpha value is -2.48. The molecule has 1 aliphatic heterocycles. The molecular formula is C20H24ClN5O2. The molecule has 0 unspecified atom stereocenters. The van der Waals surface area contributed by atoms with Gasteiger partial charge in [-0.3, -0.25) is 19.5 Å². The summed E-state index contributed by atoms with van der Waals surface area (Å²) >= 11 is 5.83. The van der Waals surface area contributed by atoms with Gasteiger partial charge >= 0.3 is 11.8 Å². The third-order valence-corrected chi connectivity index (χ3v) is 5.06. The van der Waals surface area contributed by atoms with Crippen LogP contribution >= 0.6 is 11.6 Å². The van der Waals surface area contributed by atoms with Gasteiger partial charge in [0.25, 0.3) is 0 Å². The van der Waals surface area contributed by atoms with Gasteiger partial charge in [-0.25, -0.2) is 0 Å². The zero-order chi connectivity index (χ0) is 19.9. The fourth-order valence-electron chi connectivity index (χ4n) is 3.16. The van der Waals surface area contributed by atoms with Gasteiger partial charge in [-0.1, -0.05) is 17.7 Å². The Bertz CT molecular complexity index is 792. The van der Waals surface area contributed by atoms with Gasteiger partial charge in [0, 0.05) is 55.8 Å². The fourth-order valence-corrected chi connectivity index (χ4v) is 3.28. The van der Waals surface area contributed by atoms with Gasteiger partial charge in [0.15, 0.2) is 0 Å². The van der Waals surface area contributed by atoms with Crippen LogP contribution in [0.5, 0.6) is 0 Å². The third kappa shape index (κ3) is 5.51. The van der Waals surface area contributed by atoms with E-state index in [9.17, 15) is 9.59 Å². The maximum absolute atomic E-state index is 12.3. The van der Waals surface area contributed by atoms with Crippen molar-refractivity contribution in [2.75, 3.05) is 45.1 Å². The summed E-state index contributed by atoms with van der Waals surface area (Å²) in [5.41, 5.74) is 1.54.